The molecule has 0 radical (unpaired) electrons. The second-order valence-electron chi connectivity index (χ2n) is 4.97. The zero-order valence-corrected chi connectivity index (χ0v) is 10.6. The summed E-state index contributed by atoms with van der Waals surface area (Å²) in [5.41, 5.74) is 4.13. The second kappa shape index (κ2) is 4.44. The fourth-order valence-electron chi connectivity index (χ4n) is 2.63. The Morgan fingerprint density at radius 2 is 2.12 bits per heavy atom. The SMILES string of the molecule is C=NC1=CC(C)c2ccc(F)c(C(C)C)c2C1. The molecular formula is C15H18FN. The van der Waals surface area contributed by atoms with E-state index in [0.717, 1.165) is 16.8 Å². The summed E-state index contributed by atoms with van der Waals surface area (Å²) in [6, 6.07) is 3.49. The van der Waals surface area contributed by atoms with E-state index < -0.39 is 0 Å². The molecule has 1 aromatic carbocycles. The molecule has 1 nitrogen and oxygen atoms in total. The van der Waals surface area contributed by atoms with Gasteiger partial charge in [-0.2, -0.15) is 0 Å². The van der Waals surface area contributed by atoms with Crippen LogP contribution in [0.15, 0.2) is 28.9 Å². The molecule has 0 amide bonds. The van der Waals surface area contributed by atoms with Crippen LogP contribution in [-0.4, -0.2) is 6.72 Å². The van der Waals surface area contributed by atoms with E-state index in [1.807, 2.05) is 19.9 Å². The molecule has 0 saturated heterocycles. The van der Waals surface area contributed by atoms with Gasteiger partial charge in [0, 0.05) is 18.0 Å². The molecular weight excluding hydrogens is 213 g/mol. The predicted octanol–water partition coefficient (Wildman–Crippen LogP) is 4.19. The van der Waals surface area contributed by atoms with E-state index >= 15 is 0 Å². The number of fused-ring (bicyclic) bond motifs is 1. The Kier molecular flexibility index (Phi) is 3.14. The van der Waals surface area contributed by atoms with Gasteiger partial charge in [0.05, 0.1) is 0 Å². The quantitative estimate of drug-likeness (QED) is 0.677. The third kappa shape index (κ3) is 2.04. The average Bonchev–Trinajstić information content (AvgIpc) is 2.27. The van der Waals surface area contributed by atoms with Crippen LogP contribution in [0.4, 0.5) is 4.39 Å². The lowest BCUT2D eigenvalue weighted by Crippen LogP contribution is -2.11. The van der Waals surface area contributed by atoms with Crippen molar-refractivity contribution in [2.75, 3.05) is 0 Å². The highest BCUT2D eigenvalue weighted by atomic mass is 19.1. The van der Waals surface area contributed by atoms with E-state index in [0.29, 0.717) is 6.42 Å². The van der Waals surface area contributed by atoms with Gasteiger partial charge in [0.25, 0.3) is 0 Å². The summed E-state index contributed by atoms with van der Waals surface area (Å²) in [6.07, 6.45) is 2.81. The van der Waals surface area contributed by atoms with E-state index in [9.17, 15) is 4.39 Å². The van der Waals surface area contributed by atoms with Crippen LogP contribution in [0.1, 0.15) is 49.3 Å². The molecule has 1 unspecified atom stereocenters. The maximum Gasteiger partial charge on any atom is 0.126 e. The zero-order valence-electron chi connectivity index (χ0n) is 10.6. The second-order valence-corrected chi connectivity index (χ2v) is 4.97. The Morgan fingerprint density at radius 1 is 1.41 bits per heavy atom. The first-order valence-electron chi connectivity index (χ1n) is 6.03. The number of hydrogen-bond donors (Lipinski definition) is 0. The van der Waals surface area contributed by atoms with Crippen molar-refractivity contribution >= 4 is 6.72 Å². The minimum absolute atomic E-state index is 0.101. The molecule has 0 spiro atoms. The smallest absolute Gasteiger partial charge is 0.126 e. The summed E-state index contributed by atoms with van der Waals surface area (Å²) < 4.78 is 13.9. The van der Waals surface area contributed by atoms with E-state index in [4.69, 9.17) is 0 Å². The first-order chi connectivity index (χ1) is 8.04. The Balaban J connectivity index is 2.61. The van der Waals surface area contributed by atoms with Crippen molar-refractivity contribution in [3.8, 4) is 0 Å². The van der Waals surface area contributed by atoms with Crippen molar-refractivity contribution in [1.29, 1.82) is 0 Å². The van der Waals surface area contributed by atoms with Gasteiger partial charge in [-0.25, -0.2) is 4.39 Å². The van der Waals surface area contributed by atoms with Gasteiger partial charge < -0.3 is 0 Å². The number of hydrogen-bond acceptors (Lipinski definition) is 1. The number of aliphatic imine (C=N–C) groups is 1. The number of nitrogens with zero attached hydrogens (tertiary/aromatic N) is 1. The van der Waals surface area contributed by atoms with Gasteiger partial charge in [-0.15, -0.1) is 0 Å². The summed E-state index contributed by atoms with van der Waals surface area (Å²) in [5, 5.41) is 0. The highest BCUT2D eigenvalue weighted by Gasteiger charge is 2.22. The summed E-state index contributed by atoms with van der Waals surface area (Å²) >= 11 is 0. The van der Waals surface area contributed by atoms with Crippen LogP contribution in [0, 0.1) is 5.82 Å². The van der Waals surface area contributed by atoms with E-state index in [1.54, 1.807) is 6.07 Å². The highest BCUT2D eigenvalue weighted by Crippen LogP contribution is 2.36. The lowest BCUT2D eigenvalue weighted by molar-refractivity contribution is 0.590. The number of benzene rings is 1. The predicted molar refractivity (Wildman–Crippen MR) is 70.2 cm³/mol. The molecule has 2 rings (SSSR count). The van der Waals surface area contributed by atoms with Gasteiger partial charge in [-0.05, 0) is 35.4 Å². The van der Waals surface area contributed by atoms with E-state index in [-0.39, 0.29) is 17.7 Å². The van der Waals surface area contributed by atoms with Crippen molar-refractivity contribution in [2.45, 2.75) is 39.0 Å². The fourth-order valence-corrected chi connectivity index (χ4v) is 2.63. The zero-order chi connectivity index (χ0) is 12.6. The standard InChI is InChI=1S/C15H18FN/c1-9(2)15-13-8-11(17-4)7-10(3)12(13)5-6-14(15)16/h5-7,9-10H,4,8H2,1-3H3. The summed E-state index contributed by atoms with van der Waals surface area (Å²) in [7, 11) is 0. The van der Waals surface area contributed by atoms with Crippen LogP contribution in [0.3, 0.4) is 0 Å². The molecule has 0 N–H and O–H groups in total. The Morgan fingerprint density at radius 3 is 2.71 bits per heavy atom. The number of allylic oxidation sites excluding steroid dienone is 2. The molecule has 1 aromatic rings. The normalized spacial score (nSPS) is 18.9. The Labute approximate surface area is 102 Å². The molecule has 1 aliphatic carbocycles. The first-order valence-corrected chi connectivity index (χ1v) is 6.03. The van der Waals surface area contributed by atoms with Gasteiger partial charge in [0.1, 0.15) is 5.82 Å². The average molecular weight is 231 g/mol. The van der Waals surface area contributed by atoms with Gasteiger partial charge in [0.2, 0.25) is 0 Å². The molecule has 0 fully saturated rings. The number of halogens is 1. The molecule has 1 atom stereocenters. The molecule has 0 aromatic heterocycles. The summed E-state index contributed by atoms with van der Waals surface area (Å²) in [6.45, 7) is 9.75. The van der Waals surface area contributed by atoms with Gasteiger partial charge >= 0.3 is 0 Å². The maximum atomic E-state index is 13.9. The minimum Gasteiger partial charge on any atom is -0.269 e. The lowest BCUT2D eigenvalue weighted by Gasteiger charge is -2.24. The lowest BCUT2D eigenvalue weighted by atomic mass is 9.82. The van der Waals surface area contributed by atoms with Gasteiger partial charge in [-0.3, -0.25) is 4.99 Å². The molecule has 17 heavy (non-hydrogen) atoms. The van der Waals surface area contributed by atoms with Crippen molar-refractivity contribution in [3.05, 3.63) is 46.4 Å². The molecule has 0 saturated carbocycles. The monoisotopic (exact) mass is 231 g/mol. The van der Waals surface area contributed by atoms with Crippen molar-refractivity contribution in [2.24, 2.45) is 4.99 Å². The molecule has 90 valence electrons. The number of rotatable bonds is 2. The topological polar surface area (TPSA) is 12.4 Å². The summed E-state index contributed by atoms with van der Waals surface area (Å²) in [4.78, 5) is 4.02. The van der Waals surface area contributed by atoms with E-state index in [2.05, 4.69) is 24.7 Å². The maximum absolute atomic E-state index is 13.9. The molecule has 2 heteroatoms. The molecule has 0 bridgehead atoms. The first kappa shape index (κ1) is 12.0. The van der Waals surface area contributed by atoms with E-state index in [1.165, 1.54) is 5.56 Å². The third-order valence-corrected chi connectivity index (χ3v) is 3.41. The van der Waals surface area contributed by atoms with Crippen molar-refractivity contribution < 1.29 is 4.39 Å². The van der Waals surface area contributed by atoms with Crippen molar-refractivity contribution in [3.63, 3.8) is 0 Å². The Bertz CT molecular complexity index is 486. The summed E-state index contributed by atoms with van der Waals surface area (Å²) in [5.74, 6) is 0.384. The highest BCUT2D eigenvalue weighted by molar-refractivity contribution is 5.48. The van der Waals surface area contributed by atoms with Gasteiger partial charge in [0.15, 0.2) is 0 Å². The van der Waals surface area contributed by atoms with Crippen LogP contribution in [0.5, 0.6) is 0 Å². The van der Waals surface area contributed by atoms with Gasteiger partial charge in [-0.1, -0.05) is 32.9 Å². The molecule has 1 aliphatic rings. The largest absolute Gasteiger partial charge is 0.269 e. The molecule has 0 heterocycles. The minimum atomic E-state index is -0.101. The van der Waals surface area contributed by atoms with Crippen LogP contribution >= 0.6 is 0 Å². The van der Waals surface area contributed by atoms with Crippen LogP contribution in [0.2, 0.25) is 0 Å². The Hall–Kier alpha value is -1.44. The van der Waals surface area contributed by atoms with Crippen LogP contribution < -0.4 is 0 Å². The third-order valence-electron chi connectivity index (χ3n) is 3.41. The van der Waals surface area contributed by atoms with Crippen LogP contribution in [0.25, 0.3) is 0 Å². The fraction of sp³-hybridized carbons (Fsp3) is 0.400. The van der Waals surface area contributed by atoms with Crippen molar-refractivity contribution in [1.82, 2.24) is 0 Å². The molecule has 0 aliphatic heterocycles. The van der Waals surface area contributed by atoms with Crippen LogP contribution in [-0.2, 0) is 6.42 Å².